The van der Waals surface area contributed by atoms with Gasteiger partial charge in [0.05, 0.1) is 5.02 Å². The number of rotatable bonds is 2. The molecule has 1 aliphatic heterocycles. The SMILES string of the molecule is O=C(c1sccc1Cl)N1CCC(CBr)CC1. The first-order chi connectivity index (χ1) is 7.72. The number of alkyl halides is 1. The van der Waals surface area contributed by atoms with E-state index in [0.717, 1.165) is 31.3 Å². The van der Waals surface area contributed by atoms with Crippen LogP contribution < -0.4 is 0 Å². The summed E-state index contributed by atoms with van der Waals surface area (Å²) in [5.41, 5.74) is 0. The van der Waals surface area contributed by atoms with Crippen LogP contribution in [0.4, 0.5) is 0 Å². The number of piperidine rings is 1. The Morgan fingerprint density at radius 2 is 2.25 bits per heavy atom. The summed E-state index contributed by atoms with van der Waals surface area (Å²) in [5, 5.41) is 3.48. The zero-order chi connectivity index (χ0) is 11.5. The first-order valence-electron chi connectivity index (χ1n) is 5.30. The Kier molecular flexibility index (Phi) is 4.27. The number of thiophene rings is 1. The van der Waals surface area contributed by atoms with Crippen molar-refractivity contribution in [2.75, 3.05) is 18.4 Å². The lowest BCUT2D eigenvalue weighted by Crippen LogP contribution is -2.38. The molecule has 2 nitrogen and oxygen atoms in total. The van der Waals surface area contributed by atoms with Gasteiger partial charge in [-0.25, -0.2) is 0 Å². The number of hydrogen-bond acceptors (Lipinski definition) is 2. The summed E-state index contributed by atoms with van der Waals surface area (Å²) < 4.78 is 0. The molecule has 1 aromatic rings. The molecular formula is C11H13BrClNOS. The van der Waals surface area contributed by atoms with Crippen LogP contribution in [0.25, 0.3) is 0 Å². The van der Waals surface area contributed by atoms with Crippen molar-refractivity contribution < 1.29 is 4.79 Å². The number of carbonyl (C=O) groups excluding carboxylic acids is 1. The van der Waals surface area contributed by atoms with Crippen molar-refractivity contribution in [2.45, 2.75) is 12.8 Å². The largest absolute Gasteiger partial charge is 0.338 e. The van der Waals surface area contributed by atoms with E-state index in [0.29, 0.717) is 15.8 Å². The molecule has 0 atom stereocenters. The minimum Gasteiger partial charge on any atom is -0.338 e. The maximum atomic E-state index is 12.1. The average Bonchev–Trinajstić information content (AvgIpc) is 2.75. The van der Waals surface area contributed by atoms with Gasteiger partial charge in [0.1, 0.15) is 4.88 Å². The Morgan fingerprint density at radius 1 is 1.56 bits per heavy atom. The van der Waals surface area contributed by atoms with E-state index in [9.17, 15) is 4.79 Å². The van der Waals surface area contributed by atoms with Crippen LogP contribution in [0.1, 0.15) is 22.5 Å². The van der Waals surface area contributed by atoms with Gasteiger partial charge in [0.15, 0.2) is 0 Å². The topological polar surface area (TPSA) is 20.3 Å². The summed E-state index contributed by atoms with van der Waals surface area (Å²) in [7, 11) is 0. The van der Waals surface area contributed by atoms with Crippen molar-refractivity contribution in [2.24, 2.45) is 5.92 Å². The number of halogens is 2. The maximum Gasteiger partial charge on any atom is 0.265 e. The molecule has 2 heterocycles. The van der Waals surface area contributed by atoms with E-state index in [1.807, 2.05) is 10.3 Å². The number of hydrogen-bond donors (Lipinski definition) is 0. The van der Waals surface area contributed by atoms with E-state index in [4.69, 9.17) is 11.6 Å². The lowest BCUT2D eigenvalue weighted by Gasteiger charge is -2.30. The van der Waals surface area contributed by atoms with Crippen molar-refractivity contribution in [3.05, 3.63) is 21.3 Å². The van der Waals surface area contributed by atoms with Crippen molar-refractivity contribution in [3.63, 3.8) is 0 Å². The predicted molar refractivity (Wildman–Crippen MR) is 71.8 cm³/mol. The lowest BCUT2D eigenvalue weighted by molar-refractivity contribution is 0.0704. The molecule has 0 radical (unpaired) electrons. The van der Waals surface area contributed by atoms with Crippen molar-refractivity contribution in [1.29, 1.82) is 0 Å². The monoisotopic (exact) mass is 321 g/mol. The van der Waals surface area contributed by atoms with E-state index in [-0.39, 0.29) is 5.91 Å². The highest BCUT2D eigenvalue weighted by Gasteiger charge is 2.24. The van der Waals surface area contributed by atoms with Gasteiger partial charge in [-0.05, 0) is 30.2 Å². The standard InChI is InChI=1S/C11H13BrClNOS/c12-7-8-1-4-14(5-2-8)11(15)10-9(13)3-6-16-10/h3,6,8H,1-2,4-5,7H2. The van der Waals surface area contributed by atoms with Crippen molar-refractivity contribution in [3.8, 4) is 0 Å². The summed E-state index contributed by atoms with van der Waals surface area (Å²) in [5.74, 6) is 0.802. The zero-order valence-electron chi connectivity index (χ0n) is 8.79. The molecular weight excluding hydrogens is 310 g/mol. The van der Waals surface area contributed by atoms with Crippen LogP contribution in [0.5, 0.6) is 0 Å². The second-order valence-corrected chi connectivity index (χ2v) is 5.96. The fourth-order valence-corrected chi connectivity index (χ4v) is 3.63. The Bertz CT molecular complexity index is 374. The van der Waals surface area contributed by atoms with Crippen molar-refractivity contribution >= 4 is 44.8 Å². The Morgan fingerprint density at radius 3 is 2.75 bits per heavy atom. The highest BCUT2D eigenvalue weighted by atomic mass is 79.9. The zero-order valence-corrected chi connectivity index (χ0v) is 11.9. The normalized spacial score (nSPS) is 17.8. The van der Waals surface area contributed by atoms with Crippen LogP contribution in [-0.2, 0) is 0 Å². The highest BCUT2D eigenvalue weighted by Crippen LogP contribution is 2.26. The minimum atomic E-state index is 0.0908. The Labute approximate surface area is 113 Å². The molecule has 1 aliphatic rings. The molecule has 2 rings (SSSR count). The quantitative estimate of drug-likeness (QED) is 0.761. The third kappa shape index (κ3) is 2.60. The van der Waals surface area contributed by atoms with Gasteiger partial charge in [-0.2, -0.15) is 0 Å². The molecule has 0 unspecified atom stereocenters. The molecule has 0 spiro atoms. The maximum absolute atomic E-state index is 12.1. The van der Waals surface area contributed by atoms with Gasteiger partial charge in [0.25, 0.3) is 5.91 Å². The minimum absolute atomic E-state index is 0.0908. The highest BCUT2D eigenvalue weighted by molar-refractivity contribution is 9.09. The first kappa shape index (κ1) is 12.4. The summed E-state index contributed by atoms with van der Waals surface area (Å²) in [4.78, 5) is 14.7. The number of carbonyl (C=O) groups is 1. The van der Waals surface area contributed by atoms with Crippen LogP contribution >= 0.6 is 38.9 Å². The van der Waals surface area contributed by atoms with Gasteiger partial charge in [-0.15, -0.1) is 11.3 Å². The van der Waals surface area contributed by atoms with Gasteiger partial charge >= 0.3 is 0 Å². The summed E-state index contributed by atoms with van der Waals surface area (Å²) in [6.45, 7) is 1.70. The molecule has 16 heavy (non-hydrogen) atoms. The third-order valence-corrected chi connectivity index (χ3v) is 5.18. The molecule has 0 N–H and O–H groups in total. The number of amides is 1. The fraction of sp³-hybridized carbons (Fsp3) is 0.545. The van der Waals surface area contributed by atoms with E-state index in [1.165, 1.54) is 11.3 Å². The van der Waals surface area contributed by atoms with Crippen LogP contribution in [0, 0.1) is 5.92 Å². The molecule has 1 fully saturated rings. The van der Waals surface area contributed by atoms with E-state index in [2.05, 4.69) is 15.9 Å². The fourth-order valence-electron chi connectivity index (χ4n) is 1.88. The van der Waals surface area contributed by atoms with Crippen LogP contribution in [0.2, 0.25) is 5.02 Å². The molecule has 0 saturated carbocycles. The second-order valence-electron chi connectivity index (χ2n) is 3.99. The Balaban J connectivity index is 2.00. The Hall–Kier alpha value is -0.0600. The first-order valence-corrected chi connectivity index (χ1v) is 7.68. The molecule has 5 heteroatoms. The van der Waals surface area contributed by atoms with E-state index in [1.54, 1.807) is 6.07 Å². The van der Waals surface area contributed by atoms with Crippen LogP contribution in [0.15, 0.2) is 11.4 Å². The smallest absolute Gasteiger partial charge is 0.265 e. The van der Waals surface area contributed by atoms with Gasteiger partial charge in [0.2, 0.25) is 0 Å². The molecule has 0 bridgehead atoms. The van der Waals surface area contributed by atoms with E-state index < -0.39 is 0 Å². The molecule has 1 saturated heterocycles. The third-order valence-electron chi connectivity index (χ3n) is 2.93. The summed E-state index contributed by atoms with van der Waals surface area (Å²) >= 11 is 10.9. The second kappa shape index (κ2) is 5.52. The molecule has 88 valence electrons. The van der Waals surface area contributed by atoms with Gasteiger partial charge in [-0.3, -0.25) is 4.79 Å². The average molecular weight is 323 g/mol. The van der Waals surface area contributed by atoms with Crippen LogP contribution in [-0.4, -0.2) is 29.2 Å². The van der Waals surface area contributed by atoms with Crippen molar-refractivity contribution in [1.82, 2.24) is 4.90 Å². The molecule has 1 amide bonds. The molecule has 1 aromatic heterocycles. The predicted octanol–water partition coefficient (Wildman–Crippen LogP) is 3.65. The number of nitrogens with zero attached hydrogens (tertiary/aromatic N) is 1. The van der Waals surface area contributed by atoms with Gasteiger partial charge in [0, 0.05) is 18.4 Å². The summed E-state index contributed by atoms with van der Waals surface area (Å²) in [6.07, 6.45) is 2.17. The van der Waals surface area contributed by atoms with E-state index >= 15 is 0 Å². The van der Waals surface area contributed by atoms with Gasteiger partial charge in [-0.1, -0.05) is 27.5 Å². The molecule has 0 aliphatic carbocycles. The number of likely N-dealkylation sites (tertiary alicyclic amines) is 1. The van der Waals surface area contributed by atoms with Gasteiger partial charge < -0.3 is 4.90 Å². The summed E-state index contributed by atoms with van der Waals surface area (Å²) in [6, 6.07) is 1.78. The molecule has 0 aromatic carbocycles. The van der Waals surface area contributed by atoms with Crippen LogP contribution in [0.3, 0.4) is 0 Å². The lowest BCUT2D eigenvalue weighted by atomic mass is 9.99.